The van der Waals surface area contributed by atoms with Crippen molar-refractivity contribution >= 4 is 32.8 Å². The molecule has 2 aromatic rings. The number of aryl methyl sites for hydroxylation is 1. The van der Waals surface area contributed by atoms with Gasteiger partial charge in [-0.15, -0.1) is 0 Å². The Morgan fingerprint density at radius 3 is 2.79 bits per heavy atom. The lowest BCUT2D eigenvalue weighted by Gasteiger charge is -1.97. The topological polar surface area (TPSA) is 53.1 Å². The maximum atomic E-state index is 10.8. The lowest BCUT2D eigenvalue weighted by Crippen LogP contribution is -1.95. The Labute approximate surface area is 88.9 Å². The Bertz CT molecular complexity index is 516. The Morgan fingerprint density at radius 2 is 2.14 bits per heavy atom. The molecule has 0 radical (unpaired) electrons. The molecule has 0 atom stereocenters. The quantitative estimate of drug-likeness (QED) is 0.821. The van der Waals surface area contributed by atoms with Crippen molar-refractivity contribution in [1.82, 2.24) is 4.98 Å². The van der Waals surface area contributed by atoms with Crippen LogP contribution in [0.2, 0.25) is 0 Å². The van der Waals surface area contributed by atoms with Crippen LogP contribution in [0, 0.1) is 6.92 Å². The van der Waals surface area contributed by atoms with E-state index in [9.17, 15) is 4.79 Å². The average molecular weight is 254 g/mol. The zero-order valence-corrected chi connectivity index (χ0v) is 9.05. The molecule has 0 aliphatic heterocycles. The van der Waals surface area contributed by atoms with E-state index in [-0.39, 0.29) is 5.56 Å². The molecule has 0 saturated carbocycles. The molecule has 3 nitrogen and oxygen atoms in total. The van der Waals surface area contributed by atoms with Gasteiger partial charge in [-0.1, -0.05) is 15.9 Å². The number of halogens is 1. The first-order chi connectivity index (χ1) is 6.58. The highest BCUT2D eigenvalue weighted by molar-refractivity contribution is 9.10. The lowest BCUT2D eigenvalue weighted by molar-refractivity contribution is 0.0697. The van der Waals surface area contributed by atoms with Crippen molar-refractivity contribution in [3.8, 4) is 0 Å². The number of aromatic nitrogens is 1. The highest BCUT2D eigenvalue weighted by atomic mass is 79.9. The second kappa shape index (κ2) is 3.13. The van der Waals surface area contributed by atoms with E-state index in [0.29, 0.717) is 0 Å². The number of aromatic carboxylic acids is 1. The van der Waals surface area contributed by atoms with Gasteiger partial charge >= 0.3 is 5.97 Å². The van der Waals surface area contributed by atoms with Crippen molar-refractivity contribution in [3.05, 3.63) is 33.9 Å². The molecule has 1 aromatic heterocycles. The molecule has 0 aliphatic carbocycles. The molecule has 4 heteroatoms. The molecule has 0 saturated heterocycles. The number of hydrogen-bond acceptors (Lipinski definition) is 1. The molecule has 0 bridgehead atoms. The van der Waals surface area contributed by atoms with Crippen LogP contribution in [0.1, 0.15) is 16.1 Å². The Morgan fingerprint density at radius 1 is 1.43 bits per heavy atom. The molecule has 2 N–H and O–H groups in total. The normalized spacial score (nSPS) is 10.7. The van der Waals surface area contributed by atoms with Gasteiger partial charge in [0, 0.05) is 21.1 Å². The van der Waals surface area contributed by atoms with Crippen molar-refractivity contribution in [1.29, 1.82) is 0 Å². The van der Waals surface area contributed by atoms with Gasteiger partial charge in [0.25, 0.3) is 0 Å². The fraction of sp³-hybridized carbons (Fsp3) is 0.100. The number of benzene rings is 1. The zero-order chi connectivity index (χ0) is 10.3. The predicted octanol–water partition coefficient (Wildman–Crippen LogP) is 2.94. The summed E-state index contributed by atoms with van der Waals surface area (Å²) in [5.74, 6) is -0.917. The highest BCUT2D eigenvalue weighted by Crippen LogP contribution is 2.26. The average Bonchev–Trinajstić information content (AvgIpc) is 2.45. The first-order valence-electron chi connectivity index (χ1n) is 4.10. The van der Waals surface area contributed by atoms with E-state index in [1.165, 1.54) is 0 Å². The summed E-state index contributed by atoms with van der Waals surface area (Å²) in [7, 11) is 0. The Balaban J connectivity index is 2.77. The predicted molar refractivity (Wildman–Crippen MR) is 57.7 cm³/mol. The number of carboxylic acid groups (broad SMARTS) is 1. The largest absolute Gasteiger partial charge is 0.478 e. The number of aromatic amines is 1. The van der Waals surface area contributed by atoms with Crippen molar-refractivity contribution in [2.45, 2.75) is 6.92 Å². The molecular weight excluding hydrogens is 246 g/mol. The molecule has 0 fully saturated rings. The van der Waals surface area contributed by atoms with Crippen LogP contribution in [0.15, 0.2) is 22.7 Å². The summed E-state index contributed by atoms with van der Waals surface area (Å²) in [6.07, 6.45) is 0. The number of hydrogen-bond donors (Lipinski definition) is 2. The van der Waals surface area contributed by atoms with Crippen LogP contribution in [0.25, 0.3) is 10.9 Å². The summed E-state index contributed by atoms with van der Waals surface area (Å²) in [6.45, 7) is 1.94. The summed E-state index contributed by atoms with van der Waals surface area (Å²) in [5.41, 5.74) is 2.14. The number of H-pyrrole nitrogens is 1. The number of carboxylic acids is 1. The van der Waals surface area contributed by atoms with Gasteiger partial charge in [-0.3, -0.25) is 0 Å². The van der Waals surface area contributed by atoms with Crippen LogP contribution >= 0.6 is 15.9 Å². The number of carbonyl (C=O) groups is 1. The number of nitrogens with one attached hydrogen (secondary N) is 1. The first kappa shape index (κ1) is 9.27. The fourth-order valence-corrected chi connectivity index (χ4v) is 2.03. The van der Waals surface area contributed by atoms with Crippen LogP contribution in [0.5, 0.6) is 0 Å². The summed E-state index contributed by atoms with van der Waals surface area (Å²) < 4.78 is 0.803. The van der Waals surface area contributed by atoms with Gasteiger partial charge < -0.3 is 10.1 Å². The number of fused-ring (bicyclic) bond motifs is 1. The molecule has 2 rings (SSSR count). The zero-order valence-electron chi connectivity index (χ0n) is 7.47. The molecular formula is C10H8BrNO2. The van der Waals surface area contributed by atoms with Gasteiger partial charge in [0.1, 0.15) is 0 Å². The van der Waals surface area contributed by atoms with E-state index in [1.54, 1.807) is 12.1 Å². The third-order valence-corrected chi connectivity index (χ3v) is 2.73. The summed E-state index contributed by atoms with van der Waals surface area (Å²) in [6, 6.07) is 5.22. The molecule has 1 heterocycles. The molecule has 0 amide bonds. The van der Waals surface area contributed by atoms with E-state index in [2.05, 4.69) is 20.9 Å². The van der Waals surface area contributed by atoms with Crippen molar-refractivity contribution in [2.75, 3.05) is 0 Å². The molecule has 72 valence electrons. The van der Waals surface area contributed by atoms with Gasteiger partial charge in [0.2, 0.25) is 0 Å². The van der Waals surface area contributed by atoms with Crippen LogP contribution < -0.4 is 0 Å². The standard InChI is InChI=1S/C10H8BrNO2/c1-5-2-7-8(11)3-6(10(13)14)4-9(7)12-5/h2-4,12H,1H3,(H,13,14). The van der Waals surface area contributed by atoms with E-state index in [1.807, 2.05) is 13.0 Å². The first-order valence-corrected chi connectivity index (χ1v) is 4.89. The molecule has 0 spiro atoms. The van der Waals surface area contributed by atoms with Crippen LogP contribution in [0.4, 0.5) is 0 Å². The van der Waals surface area contributed by atoms with Gasteiger partial charge in [0.05, 0.1) is 5.56 Å². The highest BCUT2D eigenvalue weighted by Gasteiger charge is 2.08. The SMILES string of the molecule is Cc1cc2c(Br)cc(C(=O)O)cc2[nH]1. The summed E-state index contributed by atoms with van der Waals surface area (Å²) >= 11 is 3.35. The molecule has 0 unspecified atom stereocenters. The van der Waals surface area contributed by atoms with Gasteiger partial charge in [-0.05, 0) is 25.1 Å². The van der Waals surface area contributed by atoms with E-state index >= 15 is 0 Å². The summed E-state index contributed by atoms with van der Waals surface area (Å²) in [4.78, 5) is 13.9. The minimum atomic E-state index is -0.917. The van der Waals surface area contributed by atoms with E-state index in [0.717, 1.165) is 21.1 Å². The second-order valence-corrected chi connectivity index (χ2v) is 4.03. The molecule has 1 aromatic carbocycles. The van der Waals surface area contributed by atoms with Crippen LogP contribution in [0.3, 0.4) is 0 Å². The third-order valence-electron chi connectivity index (χ3n) is 2.07. The Kier molecular flexibility index (Phi) is 2.07. The monoisotopic (exact) mass is 253 g/mol. The minimum Gasteiger partial charge on any atom is -0.478 e. The molecule has 0 aliphatic rings. The van der Waals surface area contributed by atoms with E-state index in [4.69, 9.17) is 5.11 Å². The maximum absolute atomic E-state index is 10.8. The van der Waals surface area contributed by atoms with Gasteiger partial charge in [0.15, 0.2) is 0 Å². The van der Waals surface area contributed by atoms with Gasteiger partial charge in [-0.25, -0.2) is 4.79 Å². The third kappa shape index (κ3) is 1.42. The van der Waals surface area contributed by atoms with Crippen molar-refractivity contribution < 1.29 is 9.90 Å². The summed E-state index contributed by atoms with van der Waals surface area (Å²) in [5, 5.41) is 9.85. The van der Waals surface area contributed by atoms with Gasteiger partial charge in [-0.2, -0.15) is 0 Å². The van der Waals surface area contributed by atoms with Crippen molar-refractivity contribution in [3.63, 3.8) is 0 Å². The molecule has 14 heavy (non-hydrogen) atoms. The minimum absolute atomic E-state index is 0.284. The van der Waals surface area contributed by atoms with E-state index < -0.39 is 5.97 Å². The van der Waals surface area contributed by atoms with Crippen LogP contribution in [-0.4, -0.2) is 16.1 Å². The fourth-order valence-electron chi connectivity index (χ4n) is 1.46. The lowest BCUT2D eigenvalue weighted by atomic mass is 10.1. The smallest absolute Gasteiger partial charge is 0.335 e. The van der Waals surface area contributed by atoms with Crippen molar-refractivity contribution in [2.24, 2.45) is 0 Å². The Hall–Kier alpha value is -1.29. The maximum Gasteiger partial charge on any atom is 0.335 e. The second-order valence-electron chi connectivity index (χ2n) is 3.18. The van der Waals surface area contributed by atoms with Crippen LogP contribution in [-0.2, 0) is 0 Å². The number of rotatable bonds is 1.